The maximum absolute atomic E-state index is 11.3. The van der Waals surface area contributed by atoms with E-state index >= 15 is 0 Å². The number of esters is 1. The second-order valence-electron chi connectivity index (χ2n) is 5.11. The first-order chi connectivity index (χ1) is 9.11. The lowest BCUT2D eigenvalue weighted by molar-refractivity contribution is -0.154. The third-order valence-corrected chi connectivity index (χ3v) is 3.86. The van der Waals surface area contributed by atoms with Crippen LogP contribution in [0.3, 0.4) is 0 Å². The molecule has 0 aliphatic carbocycles. The van der Waals surface area contributed by atoms with Crippen LogP contribution in [0.4, 0.5) is 0 Å². The lowest BCUT2D eigenvalue weighted by atomic mass is 9.91. The van der Waals surface area contributed by atoms with Crippen LogP contribution in [-0.2, 0) is 16.1 Å². The minimum Gasteiger partial charge on any atom is -0.468 e. The predicted octanol–water partition coefficient (Wildman–Crippen LogP) is 1.33. The van der Waals surface area contributed by atoms with Crippen molar-refractivity contribution < 1.29 is 19.1 Å². The van der Waals surface area contributed by atoms with Crippen molar-refractivity contribution in [3.63, 3.8) is 0 Å². The molecule has 0 radical (unpaired) electrons. The van der Waals surface area contributed by atoms with Gasteiger partial charge < -0.3 is 14.3 Å². The van der Waals surface area contributed by atoms with E-state index in [1.807, 2.05) is 13.0 Å². The number of aryl methyl sites for hydroxylation is 1. The smallest absolute Gasteiger partial charge is 0.334 e. The number of carbonyl (C=O) groups is 1. The van der Waals surface area contributed by atoms with Crippen LogP contribution < -0.4 is 0 Å². The summed E-state index contributed by atoms with van der Waals surface area (Å²) in [6, 6.07) is 1.96. The summed E-state index contributed by atoms with van der Waals surface area (Å²) in [6.07, 6.45) is 2.32. The van der Waals surface area contributed by atoms with Gasteiger partial charge in [-0.3, -0.25) is 4.90 Å². The second kappa shape index (κ2) is 6.21. The third-order valence-electron chi connectivity index (χ3n) is 3.86. The van der Waals surface area contributed by atoms with Crippen molar-refractivity contribution in [2.24, 2.45) is 5.92 Å². The molecule has 1 aliphatic rings. The molecule has 5 nitrogen and oxygen atoms in total. The standard InChI is InChI=1S/C14H21NO4/c1-10-5-8-19-12(10)9-15-6-3-11(4-7-15)13(16)14(17)18-2/h5,8,11,13,16H,3-4,6-7,9H2,1-2H3. The zero-order valence-electron chi connectivity index (χ0n) is 11.5. The minimum atomic E-state index is -0.988. The van der Waals surface area contributed by atoms with Crippen molar-refractivity contribution >= 4 is 5.97 Å². The van der Waals surface area contributed by atoms with Gasteiger partial charge in [-0.25, -0.2) is 4.79 Å². The number of methoxy groups -OCH3 is 1. The van der Waals surface area contributed by atoms with Crippen molar-refractivity contribution in [1.82, 2.24) is 4.90 Å². The zero-order valence-corrected chi connectivity index (χ0v) is 11.5. The summed E-state index contributed by atoms with van der Waals surface area (Å²) in [5.41, 5.74) is 1.16. The van der Waals surface area contributed by atoms with Crippen molar-refractivity contribution in [3.8, 4) is 0 Å². The van der Waals surface area contributed by atoms with E-state index in [0.29, 0.717) is 0 Å². The van der Waals surface area contributed by atoms with Crippen LogP contribution in [0.1, 0.15) is 24.2 Å². The summed E-state index contributed by atoms with van der Waals surface area (Å²) in [7, 11) is 1.31. The molecule has 1 aliphatic heterocycles. The van der Waals surface area contributed by atoms with E-state index in [2.05, 4.69) is 9.64 Å². The molecule has 0 aromatic carbocycles. The first-order valence-corrected chi connectivity index (χ1v) is 6.63. The van der Waals surface area contributed by atoms with Gasteiger partial charge in [0.05, 0.1) is 19.9 Å². The van der Waals surface area contributed by atoms with Gasteiger partial charge in [-0.2, -0.15) is 0 Å². The summed E-state index contributed by atoms with van der Waals surface area (Å²) < 4.78 is 10.0. The number of likely N-dealkylation sites (tertiary alicyclic amines) is 1. The van der Waals surface area contributed by atoms with Crippen molar-refractivity contribution in [3.05, 3.63) is 23.7 Å². The maximum atomic E-state index is 11.3. The third kappa shape index (κ3) is 3.36. The Morgan fingerprint density at radius 2 is 2.26 bits per heavy atom. The summed E-state index contributed by atoms with van der Waals surface area (Å²) in [6.45, 7) is 4.55. The van der Waals surface area contributed by atoms with Gasteiger partial charge in [0.2, 0.25) is 0 Å². The molecule has 2 rings (SSSR count). The highest BCUT2D eigenvalue weighted by molar-refractivity contribution is 5.74. The number of hydrogen-bond donors (Lipinski definition) is 1. The average molecular weight is 267 g/mol. The molecule has 2 heterocycles. The number of furan rings is 1. The Labute approximate surface area is 113 Å². The number of aliphatic hydroxyl groups excluding tert-OH is 1. The zero-order chi connectivity index (χ0) is 13.8. The number of nitrogens with zero attached hydrogens (tertiary/aromatic N) is 1. The SMILES string of the molecule is COC(=O)C(O)C1CCN(Cc2occc2C)CC1. The first-order valence-electron chi connectivity index (χ1n) is 6.63. The molecular weight excluding hydrogens is 246 g/mol. The highest BCUT2D eigenvalue weighted by atomic mass is 16.5. The average Bonchev–Trinajstić information content (AvgIpc) is 2.83. The van der Waals surface area contributed by atoms with Crippen molar-refractivity contribution in [2.75, 3.05) is 20.2 Å². The predicted molar refractivity (Wildman–Crippen MR) is 69.5 cm³/mol. The number of rotatable bonds is 4. The summed E-state index contributed by atoms with van der Waals surface area (Å²) in [4.78, 5) is 13.6. The quantitative estimate of drug-likeness (QED) is 0.834. The molecule has 0 spiro atoms. The van der Waals surface area contributed by atoms with E-state index in [-0.39, 0.29) is 5.92 Å². The van der Waals surface area contributed by atoms with Crippen LogP contribution in [0, 0.1) is 12.8 Å². The normalized spacial score (nSPS) is 19.3. The molecule has 19 heavy (non-hydrogen) atoms. The second-order valence-corrected chi connectivity index (χ2v) is 5.11. The number of ether oxygens (including phenoxy) is 1. The van der Waals surface area contributed by atoms with E-state index in [1.165, 1.54) is 7.11 Å². The number of aliphatic hydroxyl groups is 1. The summed E-state index contributed by atoms with van der Waals surface area (Å²) in [5.74, 6) is 0.466. The Bertz CT molecular complexity index is 421. The Morgan fingerprint density at radius 1 is 1.58 bits per heavy atom. The molecule has 0 amide bonds. The van der Waals surface area contributed by atoms with E-state index in [1.54, 1.807) is 6.26 Å². The van der Waals surface area contributed by atoms with Gasteiger partial charge in [-0.15, -0.1) is 0 Å². The van der Waals surface area contributed by atoms with Gasteiger partial charge >= 0.3 is 5.97 Å². The Hall–Kier alpha value is -1.33. The fourth-order valence-corrected chi connectivity index (χ4v) is 2.51. The van der Waals surface area contributed by atoms with Gasteiger partial charge in [0.25, 0.3) is 0 Å². The van der Waals surface area contributed by atoms with Crippen LogP contribution >= 0.6 is 0 Å². The van der Waals surface area contributed by atoms with Crippen LogP contribution in [-0.4, -0.2) is 42.3 Å². The van der Waals surface area contributed by atoms with Crippen LogP contribution in [0.25, 0.3) is 0 Å². The largest absolute Gasteiger partial charge is 0.468 e. The highest BCUT2D eigenvalue weighted by Gasteiger charge is 2.30. The molecule has 1 atom stereocenters. The van der Waals surface area contributed by atoms with Crippen molar-refractivity contribution in [1.29, 1.82) is 0 Å². The van der Waals surface area contributed by atoms with E-state index in [9.17, 15) is 9.90 Å². The van der Waals surface area contributed by atoms with Gasteiger partial charge in [0.15, 0.2) is 6.10 Å². The Balaban J connectivity index is 1.82. The summed E-state index contributed by atoms with van der Waals surface area (Å²) in [5, 5.41) is 9.82. The number of hydrogen-bond acceptors (Lipinski definition) is 5. The Kier molecular flexibility index (Phi) is 4.61. The fraction of sp³-hybridized carbons (Fsp3) is 0.643. The van der Waals surface area contributed by atoms with Crippen LogP contribution in [0.2, 0.25) is 0 Å². The fourth-order valence-electron chi connectivity index (χ4n) is 2.51. The number of piperidine rings is 1. The monoisotopic (exact) mass is 267 g/mol. The maximum Gasteiger partial charge on any atom is 0.334 e. The molecule has 0 saturated carbocycles. The topological polar surface area (TPSA) is 62.9 Å². The molecule has 1 aromatic heterocycles. The molecule has 1 saturated heterocycles. The molecular formula is C14H21NO4. The molecule has 5 heteroatoms. The Morgan fingerprint density at radius 3 is 2.79 bits per heavy atom. The molecule has 106 valence electrons. The highest BCUT2D eigenvalue weighted by Crippen LogP contribution is 2.23. The van der Waals surface area contributed by atoms with E-state index < -0.39 is 12.1 Å². The van der Waals surface area contributed by atoms with Crippen molar-refractivity contribution in [2.45, 2.75) is 32.4 Å². The van der Waals surface area contributed by atoms with Crippen LogP contribution in [0.15, 0.2) is 16.7 Å². The first kappa shape index (κ1) is 14.1. The van der Waals surface area contributed by atoms with Crippen LogP contribution in [0.5, 0.6) is 0 Å². The molecule has 1 unspecified atom stereocenters. The van der Waals surface area contributed by atoms with Gasteiger partial charge in [0, 0.05) is 0 Å². The van der Waals surface area contributed by atoms with Gasteiger partial charge in [0.1, 0.15) is 5.76 Å². The number of carbonyl (C=O) groups excluding carboxylic acids is 1. The van der Waals surface area contributed by atoms with Gasteiger partial charge in [-0.1, -0.05) is 0 Å². The van der Waals surface area contributed by atoms with Gasteiger partial charge in [-0.05, 0) is 50.4 Å². The lowest BCUT2D eigenvalue weighted by Crippen LogP contribution is -2.40. The molecule has 1 N–H and O–H groups in total. The van der Waals surface area contributed by atoms with E-state index in [4.69, 9.17) is 4.42 Å². The molecule has 0 bridgehead atoms. The molecule has 1 fully saturated rings. The molecule has 1 aromatic rings. The minimum absolute atomic E-state index is 0.00129. The van der Waals surface area contributed by atoms with E-state index in [0.717, 1.165) is 43.8 Å². The summed E-state index contributed by atoms with van der Waals surface area (Å²) >= 11 is 0. The lowest BCUT2D eigenvalue weighted by Gasteiger charge is -2.32.